The van der Waals surface area contributed by atoms with E-state index >= 15 is 0 Å². The molecule has 0 amide bonds. The van der Waals surface area contributed by atoms with Gasteiger partial charge in [0.2, 0.25) is 0 Å². The second-order valence-electron chi connectivity index (χ2n) is 5.28. The molecule has 1 saturated carbocycles. The molecule has 0 saturated heterocycles. The van der Waals surface area contributed by atoms with Gasteiger partial charge in [-0.25, -0.2) is 0 Å². The minimum absolute atomic E-state index is 0.166. The van der Waals surface area contributed by atoms with Crippen LogP contribution in [0.1, 0.15) is 32.4 Å². The molecule has 0 spiro atoms. The van der Waals surface area contributed by atoms with Gasteiger partial charge in [-0.2, -0.15) is 0 Å². The van der Waals surface area contributed by atoms with Crippen LogP contribution in [0.4, 0.5) is 0 Å². The minimum atomic E-state index is -0.428. The van der Waals surface area contributed by atoms with Crippen LogP contribution in [0.5, 0.6) is 0 Å². The van der Waals surface area contributed by atoms with Gasteiger partial charge in [0.25, 0.3) is 0 Å². The lowest BCUT2D eigenvalue weighted by molar-refractivity contribution is -0.0114. The first-order valence-electron chi connectivity index (χ1n) is 6.71. The Hall–Kier alpha value is -0.840. The fraction of sp³-hybridized carbons (Fsp3) is 0.714. The molecule has 1 aromatic rings. The van der Waals surface area contributed by atoms with E-state index in [2.05, 4.69) is 4.90 Å². The Bertz CT molecular complexity index is 333. The summed E-state index contributed by atoms with van der Waals surface area (Å²) in [6.45, 7) is 5.79. The Morgan fingerprint density at radius 3 is 2.83 bits per heavy atom. The normalized spacial score (nSPS) is 17.6. The average Bonchev–Trinajstić information content (AvgIpc) is 3.05. The van der Waals surface area contributed by atoms with Crippen molar-refractivity contribution in [1.29, 1.82) is 0 Å². The lowest BCUT2D eigenvalue weighted by atomic mass is 10.3. The second kappa shape index (κ2) is 6.36. The lowest BCUT2D eigenvalue weighted by Gasteiger charge is -2.24. The fourth-order valence-corrected chi connectivity index (χ4v) is 2.01. The second-order valence-corrected chi connectivity index (χ2v) is 5.28. The molecule has 102 valence electrons. The summed E-state index contributed by atoms with van der Waals surface area (Å²) < 4.78 is 10.8. The largest absolute Gasteiger partial charge is 0.468 e. The highest BCUT2D eigenvalue weighted by Gasteiger charge is 2.30. The van der Waals surface area contributed by atoms with Crippen molar-refractivity contribution in [3.05, 3.63) is 24.2 Å². The maximum atomic E-state index is 9.98. The molecule has 1 unspecified atom stereocenters. The molecule has 4 heteroatoms. The highest BCUT2D eigenvalue weighted by molar-refractivity contribution is 5.00. The SMILES string of the molecule is CC(C)OCC(O)CN(Cc1ccco1)C1CC1. The standard InChI is InChI=1S/C14H23NO3/c1-11(2)18-10-13(16)8-15(12-5-6-12)9-14-4-3-7-17-14/h3-4,7,11-13,16H,5-6,8-10H2,1-2H3. The molecule has 0 radical (unpaired) electrons. The summed E-state index contributed by atoms with van der Waals surface area (Å²) in [4.78, 5) is 2.28. The zero-order chi connectivity index (χ0) is 13.0. The zero-order valence-electron chi connectivity index (χ0n) is 11.2. The molecular formula is C14H23NO3. The van der Waals surface area contributed by atoms with Crippen molar-refractivity contribution in [2.45, 2.75) is 51.5 Å². The maximum absolute atomic E-state index is 9.98. The third-order valence-corrected chi connectivity index (χ3v) is 3.07. The summed E-state index contributed by atoms with van der Waals surface area (Å²) in [5.74, 6) is 0.957. The van der Waals surface area contributed by atoms with Crippen molar-refractivity contribution < 1.29 is 14.3 Å². The molecule has 1 fully saturated rings. The topological polar surface area (TPSA) is 45.8 Å². The average molecular weight is 253 g/mol. The summed E-state index contributed by atoms with van der Waals surface area (Å²) in [7, 11) is 0. The van der Waals surface area contributed by atoms with Crippen molar-refractivity contribution in [3.63, 3.8) is 0 Å². The monoisotopic (exact) mass is 253 g/mol. The van der Waals surface area contributed by atoms with Gasteiger partial charge in [-0.1, -0.05) is 0 Å². The summed E-state index contributed by atoms with van der Waals surface area (Å²) in [5, 5.41) is 9.98. The minimum Gasteiger partial charge on any atom is -0.468 e. The maximum Gasteiger partial charge on any atom is 0.117 e. The summed E-state index contributed by atoms with van der Waals surface area (Å²) in [5.41, 5.74) is 0. The van der Waals surface area contributed by atoms with Gasteiger partial charge in [-0.05, 0) is 38.8 Å². The van der Waals surface area contributed by atoms with Crippen molar-refractivity contribution in [2.24, 2.45) is 0 Å². The van der Waals surface area contributed by atoms with Gasteiger partial charge in [-0.15, -0.1) is 0 Å². The van der Waals surface area contributed by atoms with Gasteiger partial charge in [-0.3, -0.25) is 4.90 Å². The molecule has 1 heterocycles. The number of hydrogen-bond acceptors (Lipinski definition) is 4. The zero-order valence-corrected chi connectivity index (χ0v) is 11.2. The molecule has 1 aromatic heterocycles. The lowest BCUT2D eigenvalue weighted by Crippen LogP contribution is -2.36. The van der Waals surface area contributed by atoms with E-state index in [0.29, 0.717) is 19.2 Å². The Morgan fingerprint density at radius 1 is 1.50 bits per heavy atom. The molecule has 1 aliphatic carbocycles. The molecular weight excluding hydrogens is 230 g/mol. The van der Waals surface area contributed by atoms with Crippen LogP contribution in [-0.2, 0) is 11.3 Å². The molecule has 4 nitrogen and oxygen atoms in total. The van der Waals surface area contributed by atoms with E-state index in [4.69, 9.17) is 9.15 Å². The van der Waals surface area contributed by atoms with Gasteiger partial charge < -0.3 is 14.3 Å². The van der Waals surface area contributed by atoms with Crippen LogP contribution in [0.3, 0.4) is 0 Å². The van der Waals surface area contributed by atoms with Crippen LogP contribution in [0.2, 0.25) is 0 Å². The number of hydrogen-bond donors (Lipinski definition) is 1. The summed E-state index contributed by atoms with van der Waals surface area (Å²) in [6, 6.07) is 4.48. The molecule has 1 N–H and O–H groups in total. The van der Waals surface area contributed by atoms with Crippen molar-refractivity contribution in [1.82, 2.24) is 4.90 Å². The molecule has 18 heavy (non-hydrogen) atoms. The van der Waals surface area contributed by atoms with Crippen molar-refractivity contribution in [2.75, 3.05) is 13.2 Å². The van der Waals surface area contributed by atoms with E-state index in [1.807, 2.05) is 26.0 Å². The summed E-state index contributed by atoms with van der Waals surface area (Å²) in [6.07, 6.45) is 3.87. The third kappa shape index (κ3) is 4.44. The Balaban J connectivity index is 1.79. The number of ether oxygens (including phenoxy) is 1. The number of aliphatic hydroxyl groups excluding tert-OH is 1. The van der Waals surface area contributed by atoms with E-state index in [1.165, 1.54) is 12.8 Å². The smallest absolute Gasteiger partial charge is 0.117 e. The fourth-order valence-electron chi connectivity index (χ4n) is 2.01. The third-order valence-electron chi connectivity index (χ3n) is 3.07. The molecule has 1 atom stereocenters. The quantitative estimate of drug-likeness (QED) is 0.770. The van der Waals surface area contributed by atoms with Crippen LogP contribution < -0.4 is 0 Å². The first-order valence-corrected chi connectivity index (χ1v) is 6.71. The number of rotatable bonds is 8. The number of aliphatic hydroxyl groups is 1. The van der Waals surface area contributed by atoms with Crippen LogP contribution in [0.25, 0.3) is 0 Å². The molecule has 1 aliphatic rings. The van der Waals surface area contributed by atoms with Crippen molar-refractivity contribution in [3.8, 4) is 0 Å². The van der Waals surface area contributed by atoms with Gasteiger partial charge >= 0.3 is 0 Å². The van der Waals surface area contributed by atoms with E-state index in [9.17, 15) is 5.11 Å². The molecule has 0 aromatic carbocycles. The Labute approximate surface area is 109 Å². The first-order chi connectivity index (χ1) is 8.65. The van der Waals surface area contributed by atoms with Crippen molar-refractivity contribution >= 4 is 0 Å². The summed E-state index contributed by atoms with van der Waals surface area (Å²) >= 11 is 0. The van der Waals surface area contributed by atoms with E-state index in [0.717, 1.165) is 12.3 Å². The van der Waals surface area contributed by atoms with Crippen LogP contribution in [0.15, 0.2) is 22.8 Å². The van der Waals surface area contributed by atoms with E-state index < -0.39 is 6.10 Å². The Kier molecular flexibility index (Phi) is 4.80. The van der Waals surface area contributed by atoms with E-state index in [-0.39, 0.29) is 6.10 Å². The molecule has 0 bridgehead atoms. The van der Waals surface area contributed by atoms with Crippen LogP contribution in [-0.4, -0.2) is 41.4 Å². The molecule has 0 aliphatic heterocycles. The van der Waals surface area contributed by atoms with Gasteiger partial charge in [0.05, 0.1) is 31.6 Å². The number of furan rings is 1. The highest BCUT2D eigenvalue weighted by Crippen LogP contribution is 2.28. The number of nitrogens with zero attached hydrogens (tertiary/aromatic N) is 1. The molecule has 2 rings (SSSR count). The predicted molar refractivity (Wildman–Crippen MR) is 69.2 cm³/mol. The van der Waals surface area contributed by atoms with Gasteiger partial charge in [0, 0.05) is 12.6 Å². The van der Waals surface area contributed by atoms with Crippen LogP contribution in [0, 0.1) is 0 Å². The predicted octanol–water partition coefficient (Wildman–Crippen LogP) is 2.03. The Morgan fingerprint density at radius 2 is 2.28 bits per heavy atom. The highest BCUT2D eigenvalue weighted by atomic mass is 16.5. The van der Waals surface area contributed by atoms with Gasteiger partial charge in [0.15, 0.2) is 0 Å². The van der Waals surface area contributed by atoms with Crippen LogP contribution >= 0.6 is 0 Å². The van der Waals surface area contributed by atoms with Gasteiger partial charge in [0.1, 0.15) is 5.76 Å². The first kappa shape index (κ1) is 13.6. The van der Waals surface area contributed by atoms with E-state index in [1.54, 1.807) is 6.26 Å².